The number of carbonyl (C=O) groups excluding carboxylic acids is 2. The lowest BCUT2D eigenvalue weighted by molar-refractivity contribution is -0.386. The molecule has 1 aromatic carbocycles. The first-order chi connectivity index (χ1) is 13.2. The Labute approximate surface area is 161 Å². The lowest BCUT2D eigenvalue weighted by atomic mass is 9.84. The molecule has 2 rings (SSSR count). The molecule has 0 aromatic heterocycles. The predicted octanol–water partition coefficient (Wildman–Crippen LogP) is 1.57. The summed E-state index contributed by atoms with van der Waals surface area (Å²) in [5.41, 5.74) is 0.0131. The minimum Gasteiger partial charge on any atom is -0.467 e. The van der Waals surface area contributed by atoms with Crippen molar-refractivity contribution in [2.24, 2.45) is 11.8 Å². The highest BCUT2D eigenvalue weighted by Crippen LogP contribution is 2.37. The van der Waals surface area contributed by atoms with Crippen LogP contribution < -0.4 is 4.74 Å². The molecular formula is C18H23NO9. The van der Waals surface area contributed by atoms with Crippen LogP contribution in [0.3, 0.4) is 0 Å². The lowest BCUT2D eigenvalue weighted by Gasteiger charge is -2.42. The Balaban J connectivity index is 2.32. The summed E-state index contributed by atoms with van der Waals surface area (Å²) in [6.07, 6.45) is -3.14. The van der Waals surface area contributed by atoms with E-state index < -0.39 is 35.4 Å². The molecule has 1 N–H and O–H groups in total. The Morgan fingerprint density at radius 2 is 1.96 bits per heavy atom. The molecule has 1 saturated heterocycles. The van der Waals surface area contributed by atoms with E-state index in [-0.39, 0.29) is 29.9 Å². The van der Waals surface area contributed by atoms with Gasteiger partial charge in [-0.25, -0.2) is 4.79 Å². The fourth-order valence-corrected chi connectivity index (χ4v) is 3.00. The number of nitro groups is 1. The number of benzene rings is 1. The molecule has 0 amide bonds. The molecule has 0 spiro atoms. The van der Waals surface area contributed by atoms with Gasteiger partial charge in [0.2, 0.25) is 6.29 Å². The second-order valence-electron chi connectivity index (χ2n) is 6.58. The summed E-state index contributed by atoms with van der Waals surface area (Å²) in [7, 11) is 1.17. The van der Waals surface area contributed by atoms with Gasteiger partial charge in [0.15, 0.2) is 11.9 Å². The molecule has 10 heteroatoms. The Kier molecular flexibility index (Phi) is 6.92. The van der Waals surface area contributed by atoms with Crippen molar-refractivity contribution >= 4 is 17.6 Å². The number of carbonyl (C=O) groups is 2. The summed E-state index contributed by atoms with van der Waals surface area (Å²) in [5, 5.41) is 20.5. The summed E-state index contributed by atoms with van der Waals surface area (Å²) in [4.78, 5) is 34.3. The highest BCUT2D eigenvalue weighted by atomic mass is 16.7. The van der Waals surface area contributed by atoms with Gasteiger partial charge in [0.25, 0.3) is 0 Å². The van der Waals surface area contributed by atoms with E-state index in [1.165, 1.54) is 32.2 Å². The van der Waals surface area contributed by atoms with Crippen LogP contribution >= 0.6 is 0 Å². The summed E-state index contributed by atoms with van der Waals surface area (Å²) >= 11 is 0. The highest BCUT2D eigenvalue weighted by Gasteiger charge is 2.48. The molecule has 5 atom stereocenters. The fraction of sp³-hybridized carbons (Fsp3) is 0.556. The first-order valence-corrected chi connectivity index (χ1v) is 8.64. The number of hydrogen-bond acceptors (Lipinski definition) is 9. The monoisotopic (exact) mass is 397 g/mol. The third-order valence-corrected chi connectivity index (χ3v) is 4.74. The zero-order valence-corrected chi connectivity index (χ0v) is 16.0. The van der Waals surface area contributed by atoms with Crippen molar-refractivity contribution in [3.8, 4) is 5.75 Å². The van der Waals surface area contributed by atoms with E-state index in [0.29, 0.717) is 5.56 Å². The molecule has 1 aromatic rings. The van der Waals surface area contributed by atoms with Crippen molar-refractivity contribution < 1.29 is 38.6 Å². The molecule has 1 aliphatic rings. The number of methoxy groups -OCH3 is 1. The van der Waals surface area contributed by atoms with Crippen LogP contribution in [0.1, 0.15) is 26.3 Å². The van der Waals surface area contributed by atoms with Crippen LogP contribution in [0.25, 0.3) is 0 Å². The molecule has 28 heavy (non-hydrogen) atoms. The van der Waals surface area contributed by atoms with E-state index in [1.54, 1.807) is 13.8 Å². The van der Waals surface area contributed by atoms with Gasteiger partial charge in [-0.2, -0.15) is 0 Å². The van der Waals surface area contributed by atoms with Crippen molar-refractivity contribution in [2.45, 2.75) is 45.9 Å². The van der Waals surface area contributed by atoms with Crippen molar-refractivity contribution in [1.82, 2.24) is 0 Å². The lowest BCUT2D eigenvalue weighted by Crippen LogP contribution is -2.55. The zero-order chi connectivity index (χ0) is 21.0. The molecule has 10 nitrogen and oxygen atoms in total. The summed E-state index contributed by atoms with van der Waals surface area (Å²) in [5.74, 6) is -2.12. The van der Waals surface area contributed by atoms with Gasteiger partial charge in [0.05, 0.1) is 18.6 Å². The average molecular weight is 397 g/mol. The third kappa shape index (κ3) is 4.57. The third-order valence-electron chi connectivity index (χ3n) is 4.74. The van der Waals surface area contributed by atoms with Crippen LogP contribution in [0.2, 0.25) is 0 Å². The van der Waals surface area contributed by atoms with Crippen molar-refractivity contribution in [3.05, 3.63) is 33.9 Å². The number of nitro benzene ring substituents is 1. The summed E-state index contributed by atoms with van der Waals surface area (Å²) in [6, 6.07) is 4.04. The zero-order valence-electron chi connectivity index (χ0n) is 16.0. The Hall–Kier alpha value is -2.72. The van der Waals surface area contributed by atoms with Crippen LogP contribution in [0.4, 0.5) is 5.69 Å². The maximum absolute atomic E-state index is 12.1. The number of rotatable bonds is 6. The number of aliphatic hydroxyl groups is 1. The van der Waals surface area contributed by atoms with Crippen LogP contribution in [-0.2, 0) is 30.4 Å². The highest BCUT2D eigenvalue weighted by molar-refractivity contribution is 5.76. The fourth-order valence-electron chi connectivity index (χ4n) is 3.00. The average Bonchev–Trinajstić information content (AvgIpc) is 2.66. The van der Waals surface area contributed by atoms with Crippen molar-refractivity contribution in [2.75, 3.05) is 7.11 Å². The maximum Gasteiger partial charge on any atom is 0.339 e. The smallest absolute Gasteiger partial charge is 0.339 e. The summed E-state index contributed by atoms with van der Waals surface area (Å²) < 4.78 is 21.4. The minimum atomic E-state index is -1.24. The van der Waals surface area contributed by atoms with Gasteiger partial charge in [-0.1, -0.05) is 19.9 Å². The van der Waals surface area contributed by atoms with Gasteiger partial charge < -0.3 is 24.1 Å². The van der Waals surface area contributed by atoms with Crippen molar-refractivity contribution in [3.63, 3.8) is 0 Å². The van der Waals surface area contributed by atoms with Gasteiger partial charge in [0.1, 0.15) is 6.10 Å². The quantitative estimate of drug-likeness (QED) is 0.431. The van der Waals surface area contributed by atoms with Gasteiger partial charge in [-0.3, -0.25) is 14.9 Å². The Bertz CT molecular complexity index is 751. The molecule has 0 bridgehead atoms. The standard InChI is InChI=1S/C18H23NO9/c1-9-10(2)18(28-16(17(22)25-4)15(9)26-11(3)21)27-14-6-5-12(8-20)7-13(14)19(23)24/h5-7,9-10,15-16,18,20H,8H2,1-4H3/t9-,10-,15+,16+,18+/m1/s1. The second kappa shape index (κ2) is 8.98. The second-order valence-corrected chi connectivity index (χ2v) is 6.58. The first-order valence-electron chi connectivity index (χ1n) is 8.64. The Morgan fingerprint density at radius 3 is 2.50 bits per heavy atom. The molecule has 0 radical (unpaired) electrons. The van der Waals surface area contributed by atoms with Gasteiger partial charge >= 0.3 is 17.6 Å². The number of nitrogens with zero attached hydrogens (tertiary/aromatic N) is 1. The van der Waals surface area contributed by atoms with E-state index in [0.717, 1.165) is 0 Å². The van der Waals surface area contributed by atoms with Crippen LogP contribution in [0, 0.1) is 22.0 Å². The van der Waals surface area contributed by atoms with E-state index in [9.17, 15) is 24.8 Å². The van der Waals surface area contributed by atoms with E-state index in [1.807, 2.05) is 0 Å². The molecule has 1 heterocycles. The van der Waals surface area contributed by atoms with E-state index in [2.05, 4.69) is 0 Å². The predicted molar refractivity (Wildman–Crippen MR) is 94.2 cm³/mol. The number of esters is 2. The molecule has 1 fully saturated rings. The molecule has 1 aliphatic heterocycles. The van der Waals surface area contributed by atoms with E-state index >= 15 is 0 Å². The van der Waals surface area contributed by atoms with Gasteiger partial charge in [-0.15, -0.1) is 0 Å². The normalized spacial score (nSPS) is 27.0. The van der Waals surface area contributed by atoms with Crippen LogP contribution in [-0.4, -0.2) is 47.6 Å². The summed E-state index contributed by atoms with van der Waals surface area (Å²) in [6.45, 7) is 4.38. The SMILES string of the molecule is COC(=O)[C@H]1O[C@H](Oc2ccc(CO)cc2[N+](=O)[O-])[C@H](C)[C@@H](C)[C@@H]1OC(C)=O. The largest absolute Gasteiger partial charge is 0.467 e. The molecule has 0 saturated carbocycles. The topological polar surface area (TPSA) is 134 Å². The minimum absolute atomic E-state index is 0.0687. The number of ether oxygens (including phenoxy) is 4. The van der Waals surface area contributed by atoms with Crippen molar-refractivity contribution in [1.29, 1.82) is 0 Å². The Morgan fingerprint density at radius 1 is 1.29 bits per heavy atom. The molecule has 0 aliphatic carbocycles. The maximum atomic E-state index is 12.1. The number of hydrogen-bond donors (Lipinski definition) is 1. The van der Waals surface area contributed by atoms with Crippen LogP contribution in [0.5, 0.6) is 5.75 Å². The van der Waals surface area contributed by atoms with Crippen LogP contribution in [0.15, 0.2) is 18.2 Å². The van der Waals surface area contributed by atoms with E-state index in [4.69, 9.17) is 18.9 Å². The van der Waals surface area contributed by atoms with Gasteiger partial charge in [0, 0.05) is 24.8 Å². The number of aliphatic hydroxyl groups excluding tert-OH is 1. The molecule has 154 valence electrons. The molecular weight excluding hydrogens is 374 g/mol. The van der Waals surface area contributed by atoms with Gasteiger partial charge in [-0.05, 0) is 11.6 Å². The first kappa shape index (κ1) is 21.6. The molecule has 0 unspecified atom stereocenters.